The van der Waals surface area contributed by atoms with Crippen molar-refractivity contribution in [1.82, 2.24) is 14.5 Å². The lowest BCUT2D eigenvalue weighted by Gasteiger charge is -2.14. The molecular weight excluding hydrogens is 332 g/mol. The van der Waals surface area contributed by atoms with Gasteiger partial charge in [-0.05, 0) is 24.3 Å². The van der Waals surface area contributed by atoms with Crippen molar-refractivity contribution in [1.29, 1.82) is 5.26 Å². The van der Waals surface area contributed by atoms with Gasteiger partial charge in [-0.15, -0.1) is 0 Å². The molecule has 3 rings (SSSR count). The molecule has 26 heavy (non-hydrogen) atoms. The number of nitrogens with zero attached hydrogens (tertiary/aromatic N) is 5. The smallest absolute Gasteiger partial charge is 0.412 e. The zero-order valence-corrected chi connectivity index (χ0v) is 14.1. The van der Waals surface area contributed by atoms with E-state index in [0.29, 0.717) is 27.7 Å². The number of hydrogen-bond acceptors (Lipinski definition) is 5. The molecule has 3 N–H and O–H groups in total. The van der Waals surface area contributed by atoms with Crippen LogP contribution in [-0.2, 0) is 7.05 Å². The minimum atomic E-state index is -1.17. The third-order valence-corrected chi connectivity index (χ3v) is 3.82. The Morgan fingerprint density at radius 1 is 1.27 bits per heavy atom. The number of anilines is 2. The van der Waals surface area contributed by atoms with E-state index in [9.17, 15) is 9.90 Å². The van der Waals surface area contributed by atoms with Crippen molar-refractivity contribution in [3.8, 4) is 17.9 Å². The molecule has 1 aromatic carbocycles. The van der Waals surface area contributed by atoms with Crippen LogP contribution in [0.5, 0.6) is 0 Å². The number of nitrogens with two attached hydrogens (primary N) is 1. The summed E-state index contributed by atoms with van der Waals surface area (Å²) >= 11 is 0. The molecule has 0 spiro atoms. The summed E-state index contributed by atoms with van der Waals surface area (Å²) in [7, 11) is 3.15. The summed E-state index contributed by atoms with van der Waals surface area (Å²) in [6, 6.07) is 8.88. The van der Waals surface area contributed by atoms with Gasteiger partial charge in [0.05, 0.1) is 29.0 Å². The summed E-state index contributed by atoms with van der Waals surface area (Å²) in [5.74, 6) is 6.23. The zero-order valence-electron chi connectivity index (χ0n) is 14.1. The lowest BCUT2D eigenvalue weighted by molar-refractivity contribution is 0.203. The van der Waals surface area contributed by atoms with Crippen LogP contribution >= 0.6 is 0 Å². The third kappa shape index (κ3) is 2.87. The van der Waals surface area contributed by atoms with E-state index >= 15 is 0 Å². The average molecular weight is 346 g/mol. The number of imidazole rings is 1. The second-order valence-corrected chi connectivity index (χ2v) is 5.53. The predicted molar refractivity (Wildman–Crippen MR) is 96.5 cm³/mol. The highest BCUT2D eigenvalue weighted by Crippen LogP contribution is 2.28. The van der Waals surface area contributed by atoms with Gasteiger partial charge in [0.25, 0.3) is 0 Å². The summed E-state index contributed by atoms with van der Waals surface area (Å²) in [6.07, 6.45) is 0.387. The first-order valence-electron chi connectivity index (χ1n) is 7.51. The number of carbonyl (C=O) groups is 1. The first-order valence-corrected chi connectivity index (χ1v) is 7.51. The van der Waals surface area contributed by atoms with E-state index in [1.165, 1.54) is 7.05 Å². The topological polar surface area (TPSA) is 121 Å². The Kier molecular flexibility index (Phi) is 4.17. The molecule has 0 unspecified atom stereocenters. The number of nitriles is 1. The van der Waals surface area contributed by atoms with E-state index in [1.54, 1.807) is 42.2 Å². The Hall–Kier alpha value is -4.04. The molecule has 2 heterocycles. The molecule has 8 nitrogen and oxygen atoms in total. The number of rotatable bonds is 1. The van der Waals surface area contributed by atoms with Gasteiger partial charge in [0, 0.05) is 19.7 Å². The summed E-state index contributed by atoms with van der Waals surface area (Å²) in [5, 5.41) is 18.1. The highest BCUT2D eigenvalue weighted by molar-refractivity contribution is 5.99. The number of aromatic nitrogens is 3. The van der Waals surface area contributed by atoms with Gasteiger partial charge in [-0.3, -0.25) is 4.90 Å². The van der Waals surface area contributed by atoms with Gasteiger partial charge in [-0.1, -0.05) is 11.8 Å². The average Bonchev–Trinajstić information content (AvgIpc) is 3.02. The molecule has 0 saturated carbocycles. The van der Waals surface area contributed by atoms with Crippen LogP contribution in [0.4, 0.5) is 16.4 Å². The Bertz CT molecular complexity index is 1110. The minimum Gasteiger partial charge on any atom is -0.465 e. The van der Waals surface area contributed by atoms with Crippen molar-refractivity contribution in [3.05, 3.63) is 47.3 Å². The van der Waals surface area contributed by atoms with Crippen LogP contribution in [-0.4, -0.2) is 32.8 Å². The van der Waals surface area contributed by atoms with E-state index in [-0.39, 0.29) is 11.6 Å². The molecule has 8 heteroatoms. The van der Waals surface area contributed by atoms with Crippen LogP contribution in [0.2, 0.25) is 0 Å². The molecule has 128 valence electrons. The van der Waals surface area contributed by atoms with E-state index < -0.39 is 6.09 Å². The number of pyridine rings is 1. The van der Waals surface area contributed by atoms with Crippen molar-refractivity contribution in [3.63, 3.8) is 0 Å². The third-order valence-electron chi connectivity index (χ3n) is 3.82. The van der Waals surface area contributed by atoms with E-state index in [2.05, 4.69) is 21.8 Å². The summed E-state index contributed by atoms with van der Waals surface area (Å²) in [6.45, 7) is 0. The predicted octanol–water partition coefficient (Wildman–Crippen LogP) is 1.94. The van der Waals surface area contributed by atoms with Gasteiger partial charge in [-0.25, -0.2) is 14.8 Å². The number of fused-ring (bicyclic) bond motifs is 1. The number of aryl methyl sites for hydroxylation is 1. The second kappa shape index (κ2) is 6.46. The van der Waals surface area contributed by atoms with Gasteiger partial charge in [-0.2, -0.15) is 5.26 Å². The number of hydrogen-bond donors (Lipinski definition) is 2. The molecule has 3 aromatic rings. The monoisotopic (exact) mass is 346 g/mol. The fraction of sp³-hybridized carbons (Fsp3) is 0.111. The molecule has 0 radical (unpaired) electrons. The van der Waals surface area contributed by atoms with Gasteiger partial charge < -0.3 is 15.4 Å². The summed E-state index contributed by atoms with van der Waals surface area (Å²) < 4.78 is 1.72. The van der Waals surface area contributed by atoms with Crippen molar-refractivity contribution in [2.24, 2.45) is 7.05 Å². The quantitative estimate of drug-likeness (QED) is 0.650. The molecule has 0 atom stereocenters. The van der Waals surface area contributed by atoms with E-state index in [0.717, 1.165) is 4.90 Å². The Balaban J connectivity index is 2.16. The van der Waals surface area contributed by atoms with E-state index in [4.69, 9.17) is 11.0 Å². The molecule has 1 amide bonds. The molecule has 0 aliphatic carbocycles. The molecule has 0 aliphatic rings. The van der Waals surface area contributed by atoms with Crippen molar-refractivity contribution in [2.75, 3.05) is 17.7 Å². The van der Waals surface area contributed by atoms with Gasteiger partial charge in [0.1, 0.15) is 11.3 Å². The highest BCUT2D eigenvalue weighted by atomic mass is 16.4. The Morgan fingerprint density at radius 2 is 1.92 bits per heavy atom. The largest absolute Gasteiger partial charge is 0.465 e. The van der Waals surface area contributed by atoms with Gasteiger partial charge in [0.2, 0.25) is 0 Å². The first-order chi connectivity index (χ1) is 12.4. The van der Waals surface area contributed by atoms with Crippen LogP contribution in [0, 0.1) is 23.2 Å². The highest BCUT2D eigenvalue weighted by Gasteiger charge is 2.20. The summed E-state index contributed by atoms with van der Waals surface area (Å²) in [4.78, 5) is 20.6. The normalized spacial score (nSPS) is 10.0. The molecule has 0 saturated heterocycles. The fourth-order valence-electron chi connectivity index (χ4n) is 2.44. The van der Waals surface area contributed by atoms with Crippen molar-refractivity contribution in [2.45, 2.75) is 0 Å². The Morgan fingerprint density at radius 3 is 2.54 bits per heavy atom. The second-order valence-electron chi connectivity index (χ2n) is 5.53. The fourth-order valence-corrected chi connectivity index (χ4v) is 2.44. The Labute approximate surface area is 149 Å². The van der Waals surface area contributed by atoms with Gasteiger partial charge >= 0.3 is 6.09 Å². The summed E-state index contributed by atoms with van der Waals surface area (Å²) in [5.41, 5.74) is 8.77. The van der Waals surface area contributed by atoms with Crippen molar-refractivity contribution >= 4 is 28.8 Å². The molecule has 0 bridgehead atoms. The maximum absolute atomic E-state index is 11.3. The van der Waals surface area contributed by atoms with E-state index in [1.807, 2.05) is 6.07 Å². The van der Waals surface area contributed by atoms with Crippen LogP contribution in [0.1, 0.15) is 16.7 Å². The van der Waals surface area contributed by atoms with Crippen molar-refractivity contribution < 1.29 is 9.90 Å². The lowest BCUT2D eigenvalue weighted by atomic mass is 10.1. The van der Waals surface area contributed by atoms with Gasteiger partial charge in [0.15, 0.2) is 5.82 Å². The molecule has 2 aromatic heterocycles. The minimum absolute atomic E-state index is 0.116. The first kappa shape index (κ1) is 16.8. The lowest BCUT2D eigenvalue weighted by Crippen LogP contribution is -2.25. The number of benzene rings is 1. The number of carboxylic acid groups (broad SMARTS) is 1. The van der Waals surface area contributed by atoms with Crippen LogP contribution in [0.15, 0.2) is 30.6 Å². The zero-order chi connectivity index (χ0) is 18.8. The van der Waals surface area contributed by atoms with Crippen LogP contribution in [0.25, 0.3) is 11.0 Å². The number of nitrogen functional groups attached to an aromatic ring is 1. The maximum atomic E-state index is 11.3. The maximum Gasteiger partial charge on any atom is 0.412 e. The van der Waals surface area contributed by atoms with Crippen LogP contribution in [0.3, 0.4) is 0 Å². The number of amides is 1. The van der Waals surface area contributed by atoms with Crippen LogP contribution < -0.4 is 10.6 Å². The SMILES string of the molecule is CN(C(=O)O)c1nc(N)c(C#Cc2ccc(C#N)cc2)c2c1ncn2C. The molecular formula is C18H14N6O2. The molecule has 0 fully saturated rings. The standard InChI is InChI=1S/C18H14N6O2/c1-23-10-21-14-15(23)13(16(20)22-17(14)24(2)18(25)26)8-7-11-3-5-12(9-19)6-4-11/h3-6,10H,1-2H3,(H2,20,22)(H,25,26). The molecule has 0 aliphatic heterocycles.